The molecule has 18 heavy (non-hydrogen) atoms. The van der Waals surface area contributed by atoms with Crippen molar-refractivity contribution in [2.24, 2.45) is 5.92 Å². The number of rotatable bonds is 6. The molecule has 1 unspecified atom stereocenters. The molecule has 0 bridgehead atoms. The van der Waals surface area contributed by atoms with E-state index < -0.39 is 0 Å². The Hall–Kier alpha value is -0.840. The van der Waals surface area contributed by atoms with E-state index in [1.54, 1.807) is 6.33 Å². The van der Waals surface area contributed by atoms with Crippen molar-refractivity contribution < 1.29 is 0 Å². The molecule has 0 aliphatic rings. The Kier molecular flexibility index (Phi) is 5.85. The van der Waals surface area contributed by atoms with Gasteiger partial charge in [0.05, 0.1) is 0 Å². The van der Waals surface area contributed by atoms with Crippen LogP contribution in [0.5, 0.6) is 0 Å². The van der Waals surface area contributed by atoms with Crippen LogP contribution in [0.25, 0.3) is 0 Å². The van der Waals surface area contributed by atoms with Crippen LogP contribution in [-0.2, 0) is 0 Å². The molecule has 0 aliphatic heterocycles. The van der Waals surface area contributed by atoms with Gasteiger partial charge in [-0.3, -0.25) is 0 Å². The van der Waals surface area contributed by atoms with Gasteiger partial charge in [-0.25, -0.2) is 9.97 Å². The summed E-state index contributed by atoms with van der Waals surface area (Å²) in [5.41, 5.74) is 0. The van der Waals surface area contributed by atoms with E-state index in [0.717, 1.165) is 29.1 Å². The van der Waals surface area contributed by atoms with Gasteiger partial charge in [-0.15, -0.1) is 0 Å². The number of halogens is 1. The normalized spacial score (nSPS) is 12.6. The SMILES string of the molecule is CCNc1ncnc(N(C)C(C)CC(C)C)c1Br. The van der Waals surface area contributed by atoms with Crippen molar-refractivity contribution in [3.8, 4) is 0 Å². The summed E-state index contributed by atoms with van der Waals surface area (Å²) in [4.78, 5) is 10.8. The second-order valence-corrected chi connectivity index (χ2v) is 5.77. The summed E-state index contributed by atoms with van der Waals surface area (Å²) in [5, 5.41) is 3.23. The first-order valence-electron chi connectivity index (χ1n) is 6.44. The van der Waals surface area contributed by atoms with Crippen molar-refractivity contribution in [1.82, 2.24) is 9.97 Å². The summed E-state index contributed by atoms with van der Waals surface area (Å²) in [7, 11) is 2.08. The Balaban J connectivity index is 2.91. The van der Waals surface area contributed by atoms with Gasteiger partial charge in [-0.1, -0.05) is 13.8 Å². The van der Waals surface area contributed by atoms with Crippen molar-refractivity contribution in [3.63, 3.8) is 0 Å². The van der Waals surface area contributed by atoms with Gasteiger partial charge < -0.3 is 10.2 Å². The van der Waals surface area contributed by atoms with E-state index in [-0.39, 0.29) is 0 Å². The van der Waals surface area contributed by atoms with Crippen LogP contribution in [0.4, 0.5) is 11.6 Å². The van der Waals surface area contributed by atoms with Crippen molar-refractivity contribution in [1.29, 1.82) is 0 Å². The standard InChI is InChI=1S/C13H23BrN4/c1-6-15-12-11(14)13(17-8-16-12)18(5)10(4)7-9(2)3/h8-10H,6-7H2,1-5H3,(H,15,16,17). The van der Waals surface area contributed by atoms with E-state index in [2.05, 4.69) is 70.9 Å². The molecule has 1 aromatic rings. The number of anilines is 2. The quantitative estimate of drug-likeness (QED) is 0.872. The van der Waals surface area contributed by atoms with Crippen LogP contribution in [-0.4, -0.2) is 29.6 Å². The molecule has 102 valence electrons. The maximum atomic E-state index is 4.38. The predicted molar refractivity (Wildman–Crippen MR) is 81.2 cm³/mol. The minimum absolute atomic E-state index is 0.450. The van der Waals surface area contributed by atoms with Crippen LogP contribution in [0.3, 0.4) is 0 Å². The Morgan fingerprint density at radius 1 is 1.33 bits per heavy atom. The molecule has 0 amide bonds. The number of hydrogen-bond donors (Lipinski definition) is 1. The third kappa shape index (κ3) is 3.83. The third-order valence-electron chi connectivity index (χ3n) is 2.92. The van der Waals surface area contributed by atoms with E-state index in [9.17, 15) is 0 Å². The predicted octanol–water partition coefficient (Wildman–Crippen LogP) is 3.54. The average Bonchev–Trinajstić information content (AvgIpc) is 2.30. The lowest BCUT2D eigenvalue weighted by atomic mass is 10.0. The molecular formula is C13H23BrN4. The van der Waals surface area contributed by atoms with E-state index in [1.807, 2.05) is 0 Å². The molecule has 0 fully saturated rings. The fraction of sp³-hybridized carbons (Fsp3) is 0.692. The first kappa shape index (κ1) is 15.2. The van der Waals surface area contributed by atoms with Crippen molar-refractivity contribution in [2.45, 2.75) is 40.2 Å². The van der Waals surface area contributed by atoms with Gasteiger partial charge in [0.2, 0.25) is 0 Å². The van der Waals surface area contributed by atoms with Crippen molar-refractivity contribution in [3.05, 3.63) is 10.8 Å². The van der Waals surface area contributed by atoms with Gasteiger partial charge in [0.15, 0.2) is 0 Å². The number of nitrogens with one attached hydrogen (secondary N) is 1. The Bertz CT molecular complexity index is 381. The second kappa shape index (κ2) is 6.92. The first-order valence-corrected chi connectivity index (χ1v) is 7.23. The molecule has 1 heterocycles. The highest BCUT2D eigenvalue weighted by Gasteiger charge is 2.17. The van der Waals surface area contributed by atoms with Gasteiger partial charge in [-0.2, -0.15) is 0 Å². The van der Waals surface area contributed by atoms with E-state index in [1.165, 1.54) is 0 Å². The monoisotopic (exact) mass is 314 g/mol. The lowest BCUT2D eigenvalue weighted by molar-refractivity contribution is 0.501. The van der Waals surface area contributed by atoms with Crippen LogP contribution in [0.1, 0.15) is 34.1 Å². The fourth-order valence-corrected chi connectivity index (χ4v) is 2.57. The lowest BCUT2D eigenvalue weighted by Gasteiger charge is -2.28. The topological polar surface area (TPSA) is 41.1 Å². The summed E-state index contributed by atoms with van der Waals surface area (Å²) >= 11 is 3.59. The molecule has 5 heteroatoms. The maximum absolute atomic E-state index is 4.38. The molecule has 1 atom stereocenters. The second-order valence-electron chi connectivity index (χ2n) is 4.98. The molecule has 0 aromatic carbocycles. The highest BCUT2D eigenvalue weighted by molar-refractivity contribution is 9.10. The first-order chi connectivity index (χ1) is 8.47. The molecule has 0 spiro atoms. The Labute approximate surface area is 118 Å². The average molecular weight is 315 g/mol. The largest absolute Gasteiger partial charge is 0.369 e. The maximum Gasteiger partial charge on any atom is 0.148 e. The number of nitrogens with zero attached hydrogens (tertiary/aromatic N) is 3. The van der Waals surface area contributed by atoms with Gasteiger partial charge >= 0.3 is 0 Å². The van der Waals surface area contributed by atoms with Crippen LogP contribution in [0, 0.1) is 5.92 Å². The van der Waals surface area contributed by atoms with Crippen LogP contribution >= 0.6 is 15.9 Å². The number of aromatic nitrogens is 2. The molecule has 1 aromatic heterocycles. The van der Waals surface area contributed by atoms with Crippen LogP contribution in [0.15, 0.2) is 10.8 Å². The molecule has 4 nitrogen and oxygen atoms in total. The zero-order chi connectivity index (χ0) is 13.7. The van der Waals surface area contributed by atoms with Crippen molar-refractivity contribution >= 4 is 27.6 Å². The molecular weight excluding hydrogens is 292 g/mol. The minimum atomic E-state index is 0.450. The Morgan fingerprint density at radius 2 is 2.00 bits per heavy atom. The zero-order valence-corrected chi connectivity index (χ0v) is 13.5. The zero-order valence-electron chi connectivity index (χ0n) is 11.9. The number of hydrogen-bond acceptors (Lipinski definition) is 4. The van der Waals surface area contributed by atoms with Gasteiger partial charge in [0, 0.05) is 19.6 Å². The van der Waals surface area contributed by atoms with E-state index >= 15 is 0 Å². The highest BCUT2D eigenvalue weighted by Crippen LogP contribution is 2.30. The smallest absolute Gasteiger partial charge is 0.148 e. The fourth-order valence-electron chi connectivity index (χ4n) is 1.95. The van der Waals surface area contributed by atoms with E-state index in [4.69, 9.17) is 0 Å². The van der Waals surface area contributed by atoms with Gasteiger partial charge in [0.25, 0.3) is 0 Å². The van der Waals surface area contributed by atoms with Gasteiger partial charge in [-0.05, 0) is 42.1 Å². The molecule has 0 saturated carbocycles. The van der Waals surface area contributed by atoms with E-state index in [0.29, 0.717) is 12.0 Å². The molecule has 0 aliphatic carbocycles. The molecule has 0 radical (unpaired) electrons. The third-order valence-corrected chi connectivity index (χ3v) is 3.65. The highest BCUT2D eigenvalue weighted by atomic mass is 79.9. The van der Waals surface area contributed by atoms with Crippen LogP contribution in [0.2, 0.25) is 0 Å². The van der Waals surface area contributed by atoms with Gasteiger partial charge in [0.1, 0.15) is 22.4 Å². The molecule has 0 saturated heterocycles. The van der Waals surface area contributed by atoms with Crippen LogP contribution < -0.4 is 10.2 Å². The molecule has 1 N–H and O–H groups in total. The summed E-state index contributed by atoms with van der Waals surface area (Å²) in [6.45, 7) is 9.61. The van der Waals surface area contributed by atoms with Crippen molar-refractivity contribution in [2.75, 3.05) is 23.8 Å². The Morgan fingerprint density at radius 3 is 2.56 bits per heavy atom. The summed E-state index contributed by atoms with van der Waals surface area (Å²) in [6.07, 6.45) is 2.75. The summed E-state index contributed by atoms with van der Waals surface area (Å²) in [6, 6.07) is 0.450. The lowest BCUT2D eigenvalue weighted by Crippen LogP contribution is -2.31. The summed E-state index contributed by atoms with van der Waals surface area (Å²) in [5.74, 6) is 2.47. The minimum Gasteiger partial charge on any atom is -0.369 e. The molecule has 1 rings (SSSR count). The summed E-state index contributed by atoms with van der Waals surface area (Å²) < 4.78 is 0.935.